The molecule has 0 atom stereocenters. The predicted octanol–water partition coefficient (Wildman–Crippen LogP) is 4.33. The Kier molecular flexibility index (Phi) is 5.03. The van der Waals surface area contributed by atoms with Gasteiger partial charge in [0, 0.05) is 18.7 Å². The van der Waals surface area contributed by atoms with Crippen LogP contribution in [0.5, 0.6) is 0 Å². The average molecular weight is 350 g/mol. The zero-order valence-corrected chi connectivity index (χ0v) is 13.7. The van der Waals surface area contributed by atoms with Crippen molar-refractivity contribution in [1.82, 2.24) is 5.32 Å². The Morgan fingerprint density at radius 1 is 0.962 bits per heavy atom. The molecule has 1 amide bonds. The molecule has 0 saturated heterocycles. The van der Waals surface area contributed by atoms with Gasteiger partial charge in [-0.25, -0.2) is 4.39 Å². The number of carbonyl (C=O) groups excluding carboxylic acids is 1. The molecule has 0 heterocycles. The number of hydrogen-bond donors (Lipinski definition) is 1. The number of nitro benzene ring substituents is 1. The first-order valence-electron chi connectivity index (χ1n) is 7.91. The molecule has 5 nitrogen and oxygen atoms in total. The number of halogens is 1. The second kappa shape index (κ2) is 7.57. The first-order chi connectivity index (χ1) is 12.5. The summed E-state index contributed by atoms with van der Waals surface area (Å²) in [6.07, 6.45) is 0. The number of nitrogens with one attached hydrogen (secondary N) is 1. The van der Waals surface area contributed by atoms with Crippen molar-refractivity contribution in [3.63, 3.8) is 0 Å². The summed E-state index contributed by atoms with van der Waals surface area (Å²) < 4.78 is 13.8. The minimum atomic E-state index is -0.799. The number of carbonyl (C=O) groups is 1. The van der Waals surface area contributed by atoms with Gasteiger partial charge in [-0.1, -0.05) is 54.6 Å². The van der Waals surface area contributed by atoms with Crippen LogP contribution in [-0.4, -0.2) is 10.8 Å². The number of benzene rings is 3. The zero-order valence-electron chi connectivity index (χ0n) is 13.7. The third-order valence-corrected chi connectivity index (χ3v) is 3.92. The number of rotatable bonds is 5. The number of hydrogen-bond acceptors (Lipinski definition) is 3. The molecule has 3 aromatic carbocycles. The molecular weight excluding hydrogens is 335 g/mol. The molecule has 1 N–H and O–H groups in total. The zero-order chi connectivity index (χ0) is 18.5. The highest BCUT2D eigenvalue weighted by molar-refractivity contribution is 5.95. The fourth-order valence-electron chi connectivity index (χ4n) is 2.52. The summed E-state index contributed by atoms with van der Waals surface area (Å²) in [5.74, 6) is -1.49. The van der Waals surface area contributed by atoms with Crippen LogP contribution < -0.4 is 5.32 Å². The van der Waals surface area contributed by atoms with E-state index in [4.69, 9.17) is 0 Å². The Hall–Kier alpha value is -3.54. The largest absolute Gasteiger partial charge is 0.348 e. The molecule has 0 spiro atoms. The van der Waals surface area contributed by atoms with Crippen molar-refractivity contribution in [2.24, 2.45) is 0 Å². The second-order valence-electron chi connectivity index (χ2n) is 5.67. The van der Waals surface area contributed by atoms with E-state index in [2.05, 4.69) is 5.32 Å². The normalized spacial score (nSPS) is 10.3. The molecule has 0 aliphatic heterocycles. The van der Waals surface area contributed by atoms with E-state index in [-0.39, 0.29) is 17.8 Å². The maximum atomic E-state index is 13.8. The van der Waals surface area contributed by atoms with E-state index in [9.17, 15) is 19.3 Å². The molecule has 0 unspecified atom stereocenters. The number of nitro groups is 1. The first kappa shape index (κ1) is 17.3. The van der Waals surface area contributed by atoms with Crippen LogP contribution in [0.25, 0.3) is 11.1 Å². The first-order valence-corrected chi connectivity index (χ1v) is 7.91. The van der Waals surface area contributed by atoms with E-state index in [0.29, 0.717) is 0 Å². The fourth-order valence-corrected chi connectivity index (χ4v) is 2.52. The van der Waals surface area contributed by atoms with E-state index in [1.54, 1.807) is 0 Å². The summed E-state index contributed by atoms with van der Waals surface area (Å²) in [5, 5.41) is 13.3. The van der Waals surface area contributed by atoms with Gasteiger partial charge in [-0.05, 0) is 22.8 Å². The summed E-state index contributed by atoms with van der Waals surface area (Å²) in [7, 11) is 0. The maximum Gasteiger partial charge on any atom is 0.270 e. The van der Waals surface area contributed by atoms with Crippen LogP contribution in [-0.2, 0) is 6.54 Å². The van der Waals surface area contributed by atoms with Gasteiger partial charge in [0.05, 0.1) is 10.5 Å². The van der Waals surface area contributed by atoms with E-state index >= 15 is 0 Å². The lowest BCUT2D eigenvalue weighted by molar-refractivity contribution is -0.384. The predicted molar refractivity (Wildman–Crippen MR) is 96.1 cm³/mol. The number of non-ortho nitro benzene ring substituents is 1. The summed E-state index contributed by atoms with van der Waals surface area (Å²) in [6, 6.07) is 20.3. The van der Waals surface area contributed by atoms with E-state index in [0.717, 1.165) is 34.9 Å². The summed E-state index contributed by atoms with van der Waals surface area (Å²) in [5.41, 5.74) is 2.29. The molecule has 0 aliphatic carbocycles. The van der Waals surface area contributed by atoms with Crippen LogP contribution in [0.2, 0.25) is 0 Å². The second-order valence-corrected chi connectivity index (χ2v) is 5.67. The van der Waals surface area contributed by atoms with Crippen molar-refractivity contribution < 1.29 is 14.1 Å². The standard InChI is InChI=1S/C20H15FN2O3/c21-19-11-10-17(23(25)26)12-18(19)20(24)22-13-14-6-8-16(9-7-14)15-4-2-1-3-5-15/h1-12H,13H2,(H,22,24). The quantitative estimate of drug-likeness (QED) is 0.550. The smallest absolute Gasteiger partial charge is 0.270 e. The van der Waals surface area contributed by atoms with Crippen molar-refractivity contribution in [3.05, 3.63) is 99.9 Å². The van der Waals surface area contributed by atoms with Gasteiger partial charge in [0.2, 0.25) is 0 Å². The van der Waals surface area contributed by atoms with E-state index in [1.165, 1.54) is 0 Å². The fraction of sp³-hybridized carbons (Fsp3) is 0.0500. The van der Waals surface area contributed by atoms with Crippen LogP contribution in [0.4, 0.5) is 10.1 Å². The van der Waals surface area contributed by atoms with Gasteiger partial charge in [-0.2, -0.15) is 0 Å². The van der Waals surface area contributed by atoms with E-state index in [1.807, 2.05) is 54.6 Å². The maximum absolute atomic E-state index is 13.8. The molecule has 3 aromatic rings. The Labute approximate surface area is 149 Å². The molecule has 0 aromatic heterocycles. The minimum Gasteiger partial charge on any atom is -0.348 e. The van der Waals surface area contributed by atoms with Crippen molar-refractivity contribution in [1.29, 1.82) is 0 Å². The Bertz CT molecular complexity index is 941. The molecule has 3 rings (SSSR count). The molecule has 0 saturated carbocycles. The molecule has 26 heavy (non-hydrogen) atoms. The topological polar surface area (TPSA) is 72.2 Å². The van der Waals surface area contributed by atoms with Gasteiger partial charge in [0.15, 0.2) is 0 Å². The molecule has 0 bridgehead atoms. The van der Waals surface area contributed by atoms with Crippen molar-refractivity contribution >= 4 is 11.6 Å². The number of amides is 1. The van der Waals surface area contributed by atoms with Crippen LogP contribution in [0.1, 0.15) is 15.9 Å². The molecule has 6 heteroatoms. The SMILES string of the molecule is O=C(NCc1ccc(-c2ccccc2)cc1)c1cc([N+](=O)[O-])ccc1F. The minimum absolute atomic E-state index is 0.191. The van der Waals surface area contributed by atoms with Gasteiger partial charge >= 0.3 is 0 Å². The van der Waals surface area contributed by atoms with Gasteiger partial charge in [0.1, 0.15) is 5.82 Å². The highest BCUT2D eigenvalue weighted by Gasteiger charge is 2.16. The van der Waals surface area contributed by atoms with Crippen LogP contribution in [0.15, 0.2) is 72.8 Å². The highest BCUT2D eigenvalue weighted by Crippen LogP contribution is 2.20. The van der Waals surface area contributed by atoms with Crippen LogP contribution >= 0.6 is 0 Å². The summed E-state index contributed by atoms with van der Waals surface area (Å²) in [4.78, 5) is 22.2. The van der Waals surface area contributed by atoms with Gasteiger partial charge in [-0.3, -0.25) is 14.9 Å². The molecule has 0 aliphatic rings. The van der Waals surface area contributed by atoms with Gasteiger partial charge < -0.3 is 5.32 Å². The van der Waals surface area contributed by atoms with Crippen LogP contribution in [0, 0.1) is 15.9 Å². The van der Waals surface area contributed by atoms with Crippen molar-refractivity contribution in [3.8, 4) is 11.1 Å². The number of nitrogens with zero attached hydrogens (tertiary/aromatic N) is 1. The lowest BCUT2D eigenvalue weighted by atomic mass is 10.0. The van der Waals surface area contributed by atoms with Gasteiger partial charge in [0.25, 0.3) is 11.6 Å². The third-order valence-electron chi connectivity index (χ3n) is 3.92. The van der Waals surface area contributed by atoms with Crippen LogP contribution in [0.3, 0.4) is 0 Å². The Balaban J connectivity index is 1.68. The summed E-state index contributed by atoms with van der Waals surface area (Å²) in [6.45, 7) is 0.191. The molecule has 0 radical (unpaired) electrons. The molecule has 130 valence electrons. The van der Waals surface area contributed by atoms with Crippen molar-refractivity contribution in [2.45, 2.75) is 6.54 Å². The monoisotopic (exact) mass is 350 g/mol. The third kappa shape index (κ3) is 3.92. The molecular formula is C20H15FN2O3. The summed E-state index contributed by atoms with van der Waals surface area (Å²) >= 11 is 0. The Morgan fingerprint density at radius 3 is 2.27 bits per heavy atom. The van der Waals surface area contributed by atoms with Crippen molar-refractivity contribution in [2.75, 3.05) is 0 Å². The Morgan fingerprint density at radius 2 is 1.62 bits per heavy atom. The lowest BCUT2D eigenvalue weighted by Gasteiger charge is -2.08. The molecule has 0 fully saturated rings. The average Bonchev–Trinajstić information content (AvgIpc) is 2.67. The highest BCUT2D eigenvalue weighted by atomic mass is 19.1. The van der Waals surface area contributed by atoms with E-state index < -0.39 is 16.6 Å². The van der Waals surface area contributed by atoms with Gasteiger partial charge in [-0.15, -0.1) is 0 Å². The lowest BCUT2D eigenvalue weighted by Crippen LogP contribution is -2.23.